The largest absolute Gasteiger partial charge is 0.348 e. The summed E-state index contributed by atoms with van der Waals surface area (Å²) < 4.78 is 13.7. The summed E-state index contributed by atoms with van der Waals surface area (Å²) in [6.45, 7) is 4.23. The van der Waals surface area contributed by atoms with Crippen molar-refractivity contribution >= 4 is 5.91 Å². The zero-order valence-electron chi connectivity index (χ0n) is 18.1. The van der Waals surface area contributed by atoms with E-state index in [2.05, 4.69) is 46.1 Å². The summed E-state index contributed by atoms with van der Waals surface area (Å²) in [5, 5.41) is 0. The Morgan fingerprint density at radius 3 is 2.84 bits per heavy atom. The molecule has 3 aromatic rings. The van der Waals surface area contributed by atoms with E-state index in [1.807, 2.05) is 18.0 Å². The molecule has 0 radical (unpaired) electrons. The van der Waals surface area contributed by atoms with Crippen molar-refractivity contribution in [3.63, 3.8) is 0 Å². The fourth-order valence-electron chi connectivity index (χ4n) is 4.38. The molecule has 1 N–H and O–H groups in total. The van der Waals surface area contributed by atoms with Gasteiger partial charge in [0.05, 0.1) is 18.1 Å². The number of rotatable bonds is 7. The Kier molecular flexibility index (Phi) is 6.47. The summed E-state index contributed by atoms with van der Waals surface area (Å²) in [6.07, 6.45) is 3.45. The van der Waals surface area contributed by atoms with Gasteiger partial charge in [-0.05, 0) is 43.7 Å². The van der Waals surface area contributed by atoms with Gasteiger partial charge in [0, 0.05) is 38.2 Å². The third kappa shape index (κ3) is 5.20. The number of amides is 1. The Bertz CT molecular complexity index is 1050. The number of halogens is 1. The Hall–Kier alpha value is -2.99. The number of carbonyl (C=O) groups excluding carboxylic acids is 1. The molecule has 31 heavy (non-hydrogen) atoms. The zero-order valence-corrected chi connectivity index (χ0v) is 18.1. The monoisotopic (exact) mass is 420 g/mol. The number of nitrogens with zero attached hydrogens (tertiary/aromatic N) is 3. The highest BCUT2D eigenvalue weighted by Gasteiger charge is 2.32. The van der Waals surface area contributed by atoms with Crippen molar-refractivity contribution in [1.82, 2.24) is 19.8 Å². The van der Waals surface area contributed by atoms with Gasteiger partial charge in [-0.15, -0.1) is 0 Å². The number of aryl methyl sites for hydroxylation is 1. The van der Waals surface area contributed by atoms with Crippen LogP contribution in [0, 0.1) is 12.7 Å². The fourth-order valence-corrected chi connectivity index (χ4v) is 4.38. The number of fused-ring (bicyclic) bond motifs is 1. The number of imidazole rings is 1. The maximum absolute atomic E-state index is 13.7. The minimum Gasteiger partial charge on any atom is -0.348 e. The highest BCUT2D eigenvalue weighted by Crippen LogP contribution is 2.31. The van der Waals surface area contributed by atoms with Gasteiger partial charge >= 0.3 is 0 Å². The molecule has 0 saturated heterocycles. The van der Waals surface area contributed by atoms with Crippen molar-refractivity contribution in [3.8, 4) is 0 Å². The second kappa shape index (κ2) is 9.43. The molecular weight excluding hydrogens is 391 g/mol. The van der Waals surface area contributed by atoms with Gasteiger partial charge in [0.15, 0.2) is 0 Å². The van der Waals surface area contributed by atoms with Crippen LogP contribution in [0.15, 0.2) is 54.9 Å². The van der Waals surface area contributed by atoms with E-state index in [0.717, 1.165) is 29.9 Å². The molecule has 1 amide bonds. The van der Waals surface area contributed by atoms with E-state index in [1.165, 1.54) is 17.2 Å². The van der Waals surface area contributed by atoms with E-state index in [4.69, 9.17) is 0 Å². The number of benzene rings is 2. The van der Waals surface area contributed by atoms with Gasteiger partial charge in [-0.25, -0.2) is 9.37 Å². The molecule has 2 aromatic carbocycles. The van der Waals surface area contributed by atoms with Crippen molar-refractivity contribution in [1.29, 1.82) is 0 Å². The summed E-state index contributed by atoms with van der Waals surface area (Å²) in [4.78, 5) is 25.0. The molecule has 1 aliphatic heterocycles. The van der Waals surface area contributed by atoms with Crippen LogP contribution in [0.4, 0.5) is 4.39 Å². The summed E-state index contributed by atoms with van der Waals surface area (Å²) in [6, 6.07) is 14.9. The molecule has 2 heterocycles. The maximum atomic E-state index is 13.7. The highest BCUT2D eigenvalue weighted by molar-refractivity contribution is 5.77. The number of hydrogen-bond acceptors (Lipinski definition) is 3. The quantitative estimate of drug-likeness (QED) is 0.627. The van der Waals surface area contributed by atoms with Gasteiger partial charge in [0.2, 0.25) is 5.91 Å². The van der Waals surface area contributed by atoms with Gasteiger partial charge in [0.1, 0.15) is 5.82 Å². The standard InChI is InChI=1S/C25H29FN4O/c1-18-5-3-7-20(13-18)16-29(2)11-10-24(31)30-12-9-22-25(28-17-27-22)23(30)15-19-6-4-8-21(26)14-19/h3-8,13-14,17,23H,9-12,15-16H2,1-2H3,(H,27,28). The fraction of sp³-hybridized carbons (Fsp3) is 0.360. The first-order valence-electron chi connectivity index (χ1n) is 10.8. The molecular formula is C25H29FN4O. The third-order valence-corrected chi connectivity index (χ3v) is 5.93. The van der Waals surface area contributed by atoms with Gasteiger partial charge in [-0.3, -0.25) is 4.79 Å². The lowest BCUT2D eigenvalue weighted by atomic mass is 9.95. The average Bonchev–Trinajstić information content (AvgIpc) is 3.22. The molecule has 0 spiro atoms. The highest BCUT2D eigenvalue weighted by atomic mass is 19.1. The molecule has 6 heteroatoms. The number of carbonyl (C=O) groups is 1. The maximum Gasteiger partial charge on any atom is 0.224 e. The summed E-state index contributed by atoms with van der Waals surface area (Å²) in [5.74, 6) is -0.141. The number of nitrogens with one attached hydrogen (secondary N) is 1. The molecule has 5 nitrogen and oxygen atoms in total. The van der Waals surface area contributed by atoms with Crippen LogP contribution < -0.4 is 0 Å². The predicted molar refractivity (Wildman–Crippen MR) is 119 cm³/mol. The summed E-state index contributed by atoms with van der Waals surface area (Å²) in [7, 11) is 2.04. The van der Waals surface area contributed by atoms with E-state index in [0.29, 0.717) is 25.9 Å². The SMILES string of the molecule is Cc1cccc(CN(C)CCC(=O)N2CCc3[nH]cnc3C2Cc2cccc(F)c2)c1. The summed E-state index contributed by atoms with van der Waals surface area (Å²) in [5.41, 5.74) is 5.33. The molecule has 162 valence electrons. The lowest BCUT2D eigenvalue weighted by Crippen LogP contribution is -2.42. The van der Waals surface area contributed by atoms with Gasteiger partial charge < -0.3 is 14.8 Å². The van der Waals surface area contributed by atoms with Gasteiger partial charge in [0.25, 0.3) is 0 Å². The number of aromatic nitrogens is 2. The van der Waals surface area contributed by atoms with E-state index in [1.54, 1.807) is 18.5 Å². The van der Waals surface area contributed by atoms with E-state index in [-0.39, 0.29) is 17.8 Å². The molecule has 1 atom stereocenters. The van der Waals surface area contributed by atoms with Crippen LogP contribution in [0.1, 0.15) is 40.5 Å². The first-order chi connectivity index (χ1) is 15.0. The number of H-pyrrole nitrogens is 1. The van der Waals surface area contributed by atoms with Gasteiger partial charge in [-0.2, -0.15) is 0 Å². The van der Waals surface area contributed by atoms with Crippen molar-refractivity contribution in [2.75, 3.05) is 20.1 Å². The normalized spacial score (nSPS) is 15.9. The van der Waals surface area contributed by atoms with Crippen LogP contribution in [-0.4, -0.2) is 45.8 Å². The van der Waals surface area contributed by atoms with Crippen LogP contribution in [0.25, 0.3) is 0 Å². The van der Waals surface area contributed by atoms with E-state index >= 15 is 0 Å². The smallest absolute Gasteiger partial charge is 0.224 e. The summed E-state index contributed by atoms with van der Waals surface area (Å²) >= 11 is 0. The lowest BCUT2D eigenvalue weighted by Gasteiger charge is -2.35. The van der Waals surface area contributed by atoms with Crippen LogP contribution in [-0.2, 0) is 24.2 Å². The minimum atomic E-state index is -0.258. The van der Waals surface area contributed by atoms with Crippen LogP contribution in [0.5, 0.6) is 0 Å². The molecule has 0 bridgehead atoms. The number of aromatic amines is 1. The van der Waals surface area contributed by atoms with Crippen molar-refractivity contribution in [3.05, 3.63) is 88.8 Å². The molecule has 1 unspecified atom stereocenters. The average molecular weight is 421 g/mol. The van der Waals surface area contributed by atoms with Crippen LogP contribution in [0.2, 0.25) is 0 Å². The molecule has 4 rings (SSSR count). The molecule has 0 fully saturated rings. The molecule has 0 aliphatic carbocycles. The number of hydrogen-bond donors (Lipinski definition) is 1. The van der Waals surface area contributed by atoms with Crippen molar-refractivity contribution in [2.45, 2.75) is 38.8 Å². The molecule has 1 aromatic heterocycles. The first kappa shape index (κ1) is 21.2. The zero-order chi connectivity index (χ0) is 21.8. The Labute approximate surface area is 182 Å². The van der Waals surface area contributed by atoms with Crippen LogP contribution in [0.3, 0.4) is 0 Å². The third-order valence-electron chi connectivity index (χ3n) is 5.93. The Balaban J connectivity index is 1.43. The minimum absolute atomic E-state index is 0.117. The van der Waals surface area contributed by atoms with Crippen molar-refractivity contribution < 1.29 is 9.18 Å². The Morgan fingerprint density at radius 2 is 2.03 bits per heavy atom. The van der Waals surface area contributed by atoms with E-state index < -0.39 is 0 Å². The Morgan fingerprint density at radius 1 is 1.23 bits per heavy atom. The second-order valence-corrected chi connectivity index (χ2v) is 8.43. The van der Waals surface area contributed by atoms with Gasteiger partial charge in [-0.1, -0.05) is 42.0 Å². The molecule has 0 saturated carbocycles. The van der Waals surface area contributed by atoms with E-state index in [9.17, 15) is 9.18 Å². The molecule has 1 aliphatic rings. The predicted octanol–water partition coefficient (Wildman–Crippen LogP) is 4.05. The van der Waals surface area contributed by atoms with Crippen LogP contribution >= 0.6 is 0 Å². The van der Waals surface area contributed by atoms with Crippen molar-refractivity contribution in [2.24, 2.45) is 0 Å². The topological polar surface area (TPSA) is 52.2 Å². The first-order valence-corrected chi connectivity index (χ1v) is 10.8. The second-order valence-electron chi connectivity index (χ2n) is 8.43. The lowest BCUT2D eigenvalue weighted by molar-refractivity contribution is -0.134.